The predicted molar refractivity (Wildman–Crippen MR) is 88.4 cm³/mol. The Morgan fingerprint density at radius 2 is 1.50 bits per heavy atom. The van der Waals surface area contributed by atoms with Crippen molar-refractivity contribution in [2.45, 2.75) is 46.6 Å². The summed E-state index contributed by atoms with van der Waals surface area (Å²) in [6.07, 6.45) is 2.18. The zero-order valence-corrected chi connectivity index (χ0v) is 13.0. The number of benzene rings is 2. The molecule has 1 heteroatoms. The van der Waals surface area contributed by atoms with Crippen LogP contribution >= 0.6 is 0 Å². The van der Waals surface area contributed by atoms with E-state index in [0.717, 1.165) is 12.8 Å². The molecule has 1 N–H and O–H groups in total. The smallest absolute Gasteiger partial charge is 0.0511 e. The first-order valence-corrected chi connectivity index (χ1v) is 7.56. The van der Waals surface area contributed by atoms with Gasteiger partial charge in [-0.25, -0.2) is 0 Å². The van der Waals surface area contributed by atoms with E-state index in [-0.39, 0.29) is 0 Å². The van der Waals surface area contributed by atoms with Crippen molar-refractivity contribution in [1.29, 1.82) is 0 Å². The van der Waals surface area contributed by atoms with Crippen molar-refractivity contribution in [3.63, 3.8) is 0 Å². The van der Waals surface area contributed by atoms with Crippen molar-refractivity contribution in [1.82, 2.24) is 0 Å². The first-order valence-electron chi connectivity index (χ1n) is 7.56. The third-order valence-electron chi connectivity index (χ3n) is 3.76. The molecule has 0 amide bonds. The molecule has 2 aromatic rings. The van der Waals surface area contributed by atoms with E-state index in [1.165, 1.54) is 27.9 Å². The predicted octanol–water partition coefficient (Wildman–Crippen LogP) is 5.43. The fourth-order valence-electron chi connectivity index (χ4n) is 2.67. The van der Waals surface area contributed by atoms with Gasteiger partial charge in [-0.2, -0.15) is 0 Å². The summed E-state index contributed by atoms with van der Waals surface area (Å²) < 4.78 is 0. The number of hydrogen-bond acceptors (Lipinski definition) is 1. The van der Waals surface area contributed by atoms with Crippen LogP contribution in [0.2, 0.25) is 0 Å². The highest BCUT2D eigenvalue weighted by atomic mass is 14.9. The van der Waals surface area contributed by atoms with E-state index >= 15 is 0 Å². The van der Waals surface area contributed by atoms with Crippen molar-refractivity contribution in [2.24, 2.45) is 0 Å². The maximum Gasteiger partial charge on any atom is 0.0511 e. The van der Waals surface area contributed by atoms with Crippen LogP contribution in [0.3, 0.4) is 0 Å². The molecular weight excluding hydrogens is 242 g/mol. The summed E-state index contributed by atoms with van der Waals surface area (Å²) in [6, 6.07) is 16.0. The van der Waals surface area contributed by atoms with Gasteiger partial charge in [0.2, 0.25) is 0 Å². The zero-order chi connectivity index (χ0) is 14.5. The van der Waals surface area contributed by atoms with E-state index in [9.17, 15) is 0 Å². The Morgan fingerprint density at radius 3 is 2.00 bits per heavy atom. The number of hydrogen-bond donors (Lipinski definition) is 1. The van der Waals surface area contributed by atoms with Crippen LogP contribution in [-0.2, 0) is 6.42 Å². The molecule has 106 valence electrons. The largest absolute Gasteiger partial charge is 0.378 e. The quantitative estimate of drug-likeness (QED) is 0.761. The molecule has 2 aromatic carbocycles. The Balaban J connectivity index is 2.19. The molecule has 0 saturated carbocycles. The van der Waals surface area contributed by atoms with E-state index in [0.29, 0.717) is 6.04 Å². The molecule has 0 spiro atoms. The summed E-state index contributed by atoms with van der Waals surface area (Å²) >= 11 is 0. The normalized spacial score (nSPS) is 12.2. The van der Waals surface area contributed by atoms with Gasteiger partial charge in [0.15, 0.2) is 0 Å². The van der Waals surface area contributed by atoms with Gasteiger partial charge in [-0.1, -0.05) is 44.2 Å². The minimum absolute atomic E-state index is 0.377. The SMILES string of the molecule is CCc1ccc(C(CC)Nc2cc(C)cc(C)c2)cc1. The van der Waals surface area contributed by atoms with Gasteiger partial charge in [0, 0.05) is 5.69 Å². The lowest BCUT2D eigenvalue weighted by Gasteiger charge is -2.20. The molecule has 0 aliphatic rings. The maximum atomic E-state index is 3.66. The number of rotatable bonds is 5. The molecule has 0 fully saturated rings. The van der Waals surface area contributed by atoms with Crippen LogP contribution in [0.15, 0.2) is 42.5 Å². The molecule has 0 aromatic heterocycles. The van der Waals surface area contributed by atoms with Crippen LogP contribution in [0.25, 0.3) is 0 Å². The van der Waals surface area contributed by atoms with Gasteiger partial charge in [-0.05, 0) is 61.1 Å². The lowest BCUT2D eigenvalue weighted by molar-refractivity contribution is 0.748. The molecule has 0 radical (unpaired) electrons. The molecular formula is C19H25N. The van der Waals surface area contributed by atoms with E-state index in [2.05, 4.69) is 75.5 Å². The summed E-state index contributed by atoms with van der Waals surface area (Å²) in [5.41, 5.74) is 6.60. The van der Waals surface area contributed by atoms with Crippen LogP contribution in [0.1, 0.15) is 48.6 Å². The fraction of sp³-hybridized carbons (Fsp3) is 0.368. The van der Waals surface area contributed by atoms with Gasteiger partial charge < -0.3 is 5.32 Å². The van der Waals surface area contributed by atoms with Gasteiger partial charge in [0.25, 0.3) is 0 Å². The Kier molecular flexibility index (Phi) is 4.84. The molecule has 1 unspecified atom stereocenters. The van der Waals surface area contributed by atoms with Gasteiger partial charge in [-0.15, -0.1) is 0 Å². The van der Waals surface area contributed by atoms with E-state index in [1.54, 1.807) is 0 Å². The number of anilines is 1. The summed E-state index contributed by atoms with van der Waals surface area (Å²) in [5, 5.41) is 3.66. The average Bonchev–Trinajstić information content (AvgIpc) is 2.44. The van der Waals surface area contributed by atoms with Gasteiger partial charge in [0.05, 0.1) is 6.04 Å². The van der Waals surface area contributed by atoms with Crippen molar-refractivity contribution in [3.8, 4) is 0 Å². The Bertz CT molecular complexity index is 534. The molecule has 20 heavy (non-hydrogen) atoms. The second-order valence-corrected chi connectivity index (χ2v) is 5.58. The highest BCUT2D eigenvalue weighted by Crippen LogP contribution is 2.24. The second-order valence-electron chi connectivity index (χ2n) is 5.58. The molecule has 0 heterocycles. The molecule has 0 aliphatic heterocycles. The first-order chi connectivity index (χ1) is 9.62. The fourth-order valence-corrected chi connectivity index (χ4v) is 2.67. The zero-order valence-electron chi connectivity index (χ0n) is 13.0. The van der Waals surface area contributed by atoms with Crippen molar-refractivity contribution in [2.75, 3.05) is 5.32 Å². The lowest BCUT2D eigenvalue weighted by atomic mass is 10.0. The topological polar surface area (TPSA) is 12.0 Å². The first kappa shape index (κ1) is 14.6. The molecule has 2 rings (SSSR count). The molecule has 1 nitrogen and oxygen atoms in total. The Labute approximate surface area is 123 Å². The molecule has 1 atom stereocenters. The highest BCUT2D eigenvalue weighted by molar-refractivity contribution is 5.50. The lowest BCUT2D eigenvalue weighted by Crippen LogP contribution is -2.10. The minimum atomic E-state index is 0.377. The van der Waals surface area contributed by atoms with Crippen LogP contribution < -0.4 is 5.32 Å². The molecule has 0 aliphatic carbocycles. The second kappa shape index (κ2) is 6.60. The Morgan fingerprint density at radius 1 is 0.900 bits per heavy atom. The maximum absolute atomic E-state index is 3.66. The molecule has 0 saturated heterocycles. The summed E-state index contributed by atoms with van der Waals surface area (Å²) in [7, 11) is 0. The van der Waals surface area contributed by atoms with Gasteiger partial charge in [0.1, 0.15) is 0 Å². The van der Waals surface area contributed by atoms with Crippen LogP contribution in [0, 0.1) is 13.8 Å². The highest BCUT2D eigenvalue weighted by Gasteiger charge is 2.09. The third kappa shape index (κ3) is 3.63. The van der Waals surface area contributed by atoms with Crippen LogP contribution in [0.4, 0.5) is 5.69 Å². The Hall–Kier alpha value is -1.76. The van der Waals surface area contributed by atoms with Gasteiger partial charge >= 0.3 is 0 Å². The summed E-state index contributed by atoms with van der Waals surface area (Å²) in [6.45, 7) is 8.72. The van der Waals surface area contributed by atoms with E-state index < -0.39 is 0 Å². The third-order valence-corrected chi connectivity index (χ3v) is 3.76. The average molecular weight is 267 g/mol. The molecule has 0 bridgehead atoms. The number of nitrogens with one attached hydrogen (secondary N) is 1. The van der Waals surface area contributed by atoms with Crippen molar-refractivity contribution < 1.29 is 0 Å². The van der Waals surface area contributed by atoms with Crippen molar-refractivity contribution in [3.05, 3.63) is 64.7 Å². The van der Waals surface area contributed by atoms with Crippen LogP contribution in [-0.4, -0.2) is 0 Å². The van der Waals surface area contributed by atoms with E-state index in [1.807, 2.05) is 0 Å². The summed E-state index contributed by atoms with van der Waals surface area (Å²) in [5.74, 6) is 0. The number of aryl methyl sites for hydroxylation is 3. The summed E-state index contributed by atoms with van der Waals surface area (Å²) in [4.78, 5) is 0. The monoisotopic (exact) mass is 267 g/mol. The van der Waals surface area contributed by atoms with Gasteiger partial charge in [-0.3, -0.25) is 0 Å². The van der Waals surface area contributed by atoms with Crippen molar-refractivity contribution >= 4 is 5.69 Å². The minimum Gasteiger partial charge on any atom is -0.378 e. The standard InChI is InChI=1S/C19H25N/c1-5-16-7-9-17(10-8-16)19(6-2)20-18-12-14(3)11-15(4)13-18/h7-13,19-20H,5-6H2,1-4H3. The van der Waals surface area contributed by atoms with E-state index in [4.69, 9.17) is 0 Å². The van der Waals surface area contributed by atoms with Crippen LogP contribution in [0.5, 0.6) is 0 Å².